The third kappa shape index (κ3) is 4.63. The van der Waals surface area contributed by atoms with E-state index in [1.54, 1.807) is 6.92 Å². The molecule has 20 heavy (non-hydrogen) atoms. The van der Waals surface area contributed by atoms with Gasteiger partial charge in [0.05, 0.1) is 11.5 Å². The summed E-state index contributed by atoms with van der Waals surface area (Å²) in [4.78, 5) is 25.8. The summed E-state index contributed by atoms with van der Waals surface area (Å²) >= 11 is 5.70. The summed E-state index contributed by atoms with van der Waals surface area (Å²) in [6.07, 6.45) is 0. The second-order valence-electron chi connectivity index (χ2n) is 3.91. The van der Waals surface area contributed by atoms with Crippen molar-refractivity contribution in [2.45, 2.75) is 13.0 Å². The van der Waals surface area contributed by atoms with E-state index in [1.807, 2.05) is 0 Å². The quantitative estimate of drug-likeness (QED) is 0.339. The maximum Gasteiger partial charge on any atom is 0.311 e. The number of carbonyl (C=O) groups is 1. The first-order chi connectivity index (χ1) is 9.45. The van der Waals surface area contributed by atoms with E-state index in [4.69, 9.17) is 16.3 Å². The van der Waals surface area contributed by atoms with E-state index in [1.165, 1.54) is 19.2 Å². The van der Waals surface area contributed by atoms with E-state index in [-0.39, 0.29) is 22.6 Å². The zero-order valence-corrected chi connectivity index (χ0v) is 11.8. The molecule has 1 atom stereocenters. The Hall–Kier alpha value is -1.93. The minimum Gasteiger partial charge on any atom is -0.383 e. The number of amides is 1. The standard InChI is InChI=1S/C11H15ClN4O4/c1-7(11(17)13-5-6-20-2)14-10-8(16(18)19)3-4-9(12)15-10/h3-4,7H,5-6H2,1-2H3,(H,13,17)(H,14,15). The number of nitrogens with one attached hydrogen (secondary N) is 2. The van der Waals surface area contributed by atoms with Gasteiger partial charge in [-0.3, -0.25) is 14.9 Å². The number of halogens is 1. The summed E-state index contributed by atoms with van der Waals surface area (Å²) in [5.74, 6) is -0.366. The Kier molecular flexibility index (Phi) is 6.13. The Bertz CT molecular complexity index is 497. The molecule has 9 heteroatoms. The van der Waals surface area contributed by atoms with Crippen molar-refractivity contribution in [3.05, 3.63) is 27.4 Å². The molecule has 0 aliphatic carbocycles. The van der Waals surface area contributed by atoms with Crippen molar-refractivity contribution in [2.24, 2.45) is 0 Å². The lowest BCUT2D eigenvalue weighted by atomic mass is 10.3. The zero-order chi connectivity index (χ0) is 15.1. The molecular formula is C11H15ClN4O4. The Morgan fingerprint density at radius 2 is 2.30 bits per heavy atom. The first-order valence-corrected chi connectivity index (χ1v) is 6.17. The van der Waals surface area contributed by atoms with Gasteiger partial charge in [-0.15, -0.1) is 0 Å². The van der Waals surface area contributed by atoms with E-state index in [0.29, 0.717) is 13.2 Å². The molecule has 0 aliphatic heterocycles. The Labute approximate surface area is 120 Å². The van der Waals surface area contributed by atoms with E-state index in [0.717, 1.165) is 0 Å². The highest BCUT2D eigenvalue weighted by Crippen LogP contribution is 2.24. The summed E-state index contributed by atoms with van der Waals surface area (Å²) in [6.45, 7) is 2.30. The van der Waals surface area contributed by atoms with Crippen LogP contribution in [0.5, 0.6) is 0 Å². The molecule has 110 valence electrons. The summed E-state index contributed by atoms with van der Waals surface area (Å²) in [6, 6.07) is 1.85. The third-order valence-electron chi connectivity index (χ3n) is 2.39. The number of ether oxygens (including phenoxy) is 1. The van der Waals surface area contributed by atoms with Crippen molar-refractivity contribution in [3.63, 3.8) is 0 Å². The van der Waals surface area contributed by atoms with Gasteiger partial charge in [0.25, 0.3) is 0 Å². The van der Waals surface area contributed by atoms with Gasteiger partial charge in [-0.2, -0.15) is 0 Å². The minimum absolute atomic E-state index is 0.0445. The molecule has 1 aromatic heterocycles. The van der Waals surface area contributed by atoms with E-state index in [2.05, 4.69) is 15.6 Å². The molecule has 1 rings (SSSR count). The number of anilines is 1. The summed E-state index contributed by atoms with van der Waals surface area (Å²) in [7, 11) is 1.52. The van der Waals surface area contributed by atoms with E-state index < -0.39 is 11.0 Å². The molecule has 0 aliphatic rings. The normalized spacial score (nSPS) is 11.8. The molecule has 0 fully saturated rings. The molecule has 1 heterocycles. The molecule has 2 N–H and O–H groups in total. The smallest absolute Gasteiger partial charge is 0.311 e. The van der Waals surface area contributed by atoms with Crippen LogP contribution in [0.25, 0.3) is 0 Å². The topological polar surface area (TPSA) is 106 Å². The fourth-order valence-electron chi connectivity index (χ4n) is 1.38. The van der Waals surface area contributed by atoms with Gasteiger partial charge >= 0.3 is 5.69 Å². The SMILES string of the molecule is COCCNC(=O)C(C)Nc1nc(Cl)ccc1[N+](=O)[O-]. The molecule has 0 aromatic carbocycles. The molecule has 1 aromatic rings. The van der Waals surface area contributed by atoms with Gasteiger partial charge < -0.3 is 15.4 Å². The highest BCUT2D eigenvalue weighted by atomic mass is 35.5. The van der Waals surface area contributed by atoms with Crippen LogP contribution in [0, 0.1) is 10.1 Å². The molecule has 8 nitrogen and oxygen atoms in total. The van der Waals surface area contributed by atoms with Crippen LogP contribution in [-0.2, 0) is 9.53 Å². The molecule has 1 amide bonds. The number of carbonyl (C=O) groups excluding carboxylic acids is 1. The van der Waals surface area contributed by atoms with Crippen molar-refractivity contribution in [1.29, 1.82) is 0 Å². The monoisotopic (exact) mass is 302 g/mol. The number of nitrogens with zero attached hydrogens (tertiary/aromatic N) is 2. The lowest BCUT2D eigenvalue weighted by molar-refractivity contribution is -0.384. The summed E-state index contributed by atoms with van der Waals surface area (Å²) in [5, 5.41) is 16.2. The number of hydrogen-bond acceptors (Lipinski definition) is 6. The minimum atomic E-state index is -0.698. The van der Waals surface area contributed by atoms with Gasteiger partial charge in [-0.05, 0) is 13.0 Å². The second-order valence-corrected chi connectivity index (χ2v) is 4.30. The molecule has 0 spiro atoms. The highest BCUT2D eigenvalue weighted by molar-refractivity contribution is 6.29. The lowest BCUT2D eigenvalue weighted by Crippen LogP contribution is -2.39. The molecule has 0 saturated carbocycles. The van der Waals surface area contributed by atoms with Gasteiger partial charge in [0.15, 0.2) is 0 Å². The van der Waals surface area contributed by atoms with Crippen molar-refractivity contribution >= 4 is 29.0 Å². The number of nitro groups is 1. The third-order valence-corrected chi connectivity index (χ3v) is 2.60. The van der Waals surface area contributed by atoms with Gasteiger partial charge in [-0.25, -0.2) is 4.98 Å². The Balaban J connectivity index is 2.74. The van der Waals surface area contributed by atoms with Crippen molar-refractivity contribution in [2.75, 3.05) is 25.6 Å². The van der Waals surface area contributed by atoms with Gasteiger partial charge in [0, 0.05) is 19.7 Å². The predicted molar refractivity (Wildman–Crippen MR) is 73.9 cm³/mol. The van der Waals surface area contributed by atoms with Crippen LogP contribution in [0.1, 0.15) is 6.92 Å². The van der Waals surface area contributed by atoms with Crippen LogP contribution in [0.2, 0.25) is 5.15 Å². The van der Waals surface area contributed by atoms with Crippen molar-refractivity contribution in [1.82, 2.24) is 10.3 Å². The first-order valence-electron chi connectivity index (χ1n) is 5.79. The fourth-order valence-corrected chi connectivity index (χ4v) is 1.53. The lowest BCUT2D eigenvalue weighted by Gasteiger charge is -2.14. The Morgan fingerprint density at radius 1 is 1.60 bits per heavy atom. The van der Waals surface area contributed by atoms with Crippen LogP contribution in [0.4, 0.5) is 11.5 Å². The second kappa shape index (κ2) is 7.61. The number of aromatic nitrogens is 1. The van der Waals surface area contributed by atoms with Crippen molar-refractivity contribution in [3.8, 4) is 0 Å². The number of hydrogen-bond donors (Lipinski definition) is 2. The average Bonchev–Trinajstić information content (AvgIpc) is 2.38. The van der Waals surface area contributed by atoms with Crippen LogP contribution in [0.15, 0.2) is 12.1 Å². The molecule has 0 radical (unpaired) electrons. The number of rotatable bonds is 7. The van der Waals surface area contributed by atoms with Gasteiger partial charge in [0.2, 0.25) is 11.7 Å². The van der Waals surface area contributed by atoms with Crippen LogP contribution >= 0.6 is 11.6 Å². The average molecular weight is 303 g/mol. The zero-order valence-electron chi connectivity index (χ0n) is 11.1. The maximum atomic E-state index is 11.7. The first kappa shape index (κ1) is 16.1. The highest BCUT2D eigenvalue weighted by Gasteiger charge is 2.20. The predicted octanol–water partition coefficient (Wildman–Crippen LogP) is 1.21. The summed E-state index contributed by atoms with van der Waals surface area (Å²) < 4.78 is 4.80. The van der Waals surface area contributed by atoms with E-state index >= 15 is 0 Å². The number of methoxy groups -OCH3 is 1. The van der Waals surface area contributed by atoms with E-state index in [9.17, 15) is 14.9 Å². The van der Waals surface area contributed by atoms with Crippen molar-refractivity contribution < 1.29 is 14.5 Å². The van der Waals surface area contributed by atoms with Crippen LogP contribution in [0.3, 0.4) is 0 Å². The van der Waals surface area contributed by atoms with Gasteiger partial charge in [0.1, 0.15) is 11.2 Å². The van der Waals surface area contributed by atoms with Crippen LogP contribution in [-0.4, -0.2) is 42.1 Å². The molecule has 1 unspecified atom stereocenters. The number of pyridine rings is 1. The molecule has 0 bridgehead atoms. The fraction of sp³-hybridized carbons (Fsp3) is 0.455. The Morgan fingerprint density at radius 3 is 2.90 bits per heavy atom. The van der Waals surface area contributed by atoms with Gasteiger partial charge in [-0.1, -0.05) is 11.6 Å². The largest absolute Gasteiger partial charge is 0.383 e. The summed E-state index contributed by atoms with van der Waals surface area (Å²) in [5.41, 5.74) is -0.244. The molecule has 0 saturated heterocycles. The van der Waals surface area contributed by atoms with Crippen LogP contribution < -0.4 is 10.6 Å². The maximum absolute atomic E-state index is 11.7. The molecular weight excluding hydrogens is 288 g/mol.